The second-order valence-electron chi connectivity index (χ2n) is 9.60. The molecule has 0 spiro atoms. The molecule has 10 nitrogen and oxygen atoms in total. The molecular formula is C25H37N2O8P. The molecule has 1 aliphatic rings. The van der Waals surface area contributed by atoms with Crippen LogP contribution in [0, 0.1) is 12.8 Å². The summed E-state index contributed by atoms with van der Waals surface area (Å²) in [4.78, 5) is 26.2. The molecule has 3 rings (SSSR count). The van der Waals surface area contributed by atoms with Crippen molar-refractivity contribution in [2.45, 2.75) is 57.9 Å². The number of hydrogen-bond acceptors (Lipinski definition) is 8. The fourth-order valence-corrected chi connectivity index (χ4v) is 4.91. The third-order valence-corrected chi connectivity index (χ3v) is 8.08. The van der Waals surface area contributed by atoms with Gasteiger partial charge in [-0.3, -0.25) is 9.36 Å². The van der Waals surface area contributed by atoms with Crippen molar-refractivity contribution in [2.24, 2.45) is 5.92 Å². The number of hydrogen-bond donors (Lipinski definition) is 1. The lowest BCUT2D eigenvalue weighted by atomic mass is 9.98. The topological polar surface area (TPSA) is 118 Å². The molecule has 0 bridgehead atoms. The number of methoxy groups -OCH3 is 1. The smallest absolute Gasteiger partial charge is 0.335 e. The van der Waals surface area contributed by atoms with Crippen molar-refractivity contribution in [3.8, 4) is 0 Å². The van der Waals surface area contributed by atoms with E-state index in [0.717, 1.165) is 10.1 Å². The third-order valence-electron chi connectivity index (χ3n) is 6.43. The zero-order valence-corrected chi connectivity index (χ0v) is 22.4. The molecule has 0 radical (unpaired) electrons. The molecular weight excluding hydrogens is 487 g/mol. The zero-order chi connectivity index (χ0) is 26.5. The Kier molecular flexibility index (Phi) is 9.86. The predicted octanol–water partition coefficient (Wildman–Crippen LogP) is 2.39. The SMILES string of the molecule is COCCO[C@@H]1[C@H](C)[C@@H](CC(O)P(C)(C)=O)O[C@H]1n1cc(C)c(=O)n(COCc2ccccc2)c1=O. The van der Waals surface area contributed by atoms with Crippen LogP contribution in [0.25, 0.3) is 0 Å². The van der Waals surface area contributed by atoms with Crippen molar-refractivity contribution in [1.29, 1.82) is 0 Å². The Balaban J connectivity index is 1.89. The number of aliphatic hydroxyl groups excluding tert-OH is 1. The molecule has 5 atom stereocenters. The fourth-order valence-electron chi connectivity index (χ4n) is 4.19. The van der Waals surface area contributed by atoms with E-state index < -0.39 is 42.7 Å². The van der Waals surface area contributed by atoms with Gasteiger partial charge >= 0.3 is 5.69 Å². The summed E-state index contributed by atoms with van der Waals surface area (Å²) in [5.74, 6) is -1.27. The van der Waals surface area contributed by atoms with E-state index in [4.69, 9.17) is 18.9 Å². The number of rotatable bonds is 12. The Labute approximate surface area is 211 Å². The van der Waals surface area contributed by atoms with Gasteiger partial charge in [-0.1, -0.05) is 37.3 Å². The molecule has 200 valence electrons. The van der Waals surface area contributed by atoms with Gasteiger partial charge in [0.1, 0.15) is 25.8 Å². The van der Waals surface area contributed by atoms with Crippen LogP contribution in [0.3, 0.4) is 0 Å². The molecule has 0 aliphatic carbocycles. The molecule has 11 heteroatoms. The highest BCUT2D eigenvalue weighted by atomic mass is 31.2. The second-order valence-corrected chi connectivity index (χ2v) is 13.1. The number of aliphatic hydroxyl groups is 1. The minimum absolute atomic E-state index is 0.139. The van der Waals surface area contributed by atoms with E-state index >= 15 is 0 Å². The highest BCUT2D eigenvalue weighted by Crippen LogP contribution is 2.46. The second kappa shape index (κ2) is 12.4. The summed E-state index contributed by atoms with van der Waals surface area (Å²) in [5, 5.41) is 10.5. The summed E-state index contributed by atoms with van der Waals surface area (Å²) in [6.45, 7) is 7.23. The van der Waals surface area contributed by atoms with Crippen molar-refractivity contribution in [3.63, 3.8) is 0 Å². The number of ether oxygens (including phenoxy) is 4. The van der Waals surface area contributed by atoms with Crippen molar-refractivity contribution in [3.05, 3.63) is 68.5 Å². The number of nitrogens with zero attached hydrogens (tertiary/aromatic N) is 2. The summed E-state index contributed by atoms with van der Waals surface area (Å²) in [5.41, 5.74) is 0.231. The minimum Gasteiger partial charge on any atom is -0.385 e. The first-order chi connectivity index (χ1) is 17.0. The quantitative estimate of drug-likeness (QED) is 0.332. The molecule has 1 saturated heterocycles. The molecule has 1 unspecified atom stereocenters. The zero-order valence-electron chi connectivity index (χ0n) is 21.5. The lowest BCUT2D eigenvalue weighted by Gasteiger charge is -2.24. The largest absolute Gasteiger partial charge is 0.385 e. The van der Waals surface area contributed by atoms with E-state index in [1.165, 1.54) is 24.1 Å². The predicted molar refractivity (Wildman–Crippen MR) is 136 cm³/mol. The monoisotopic (exact) mass is 524 g/mol. The van der Waals surface area contributed by atoms with Gasteiger partial charge in [0, 0.05) is 31.2 Å². The summed E-state index contributed by atoms with van der Waals surface area (Å²) >= 11 is 0. The van der Waals surface area contributed by atoms with E-state index in [1.807, 2.05) is 37.3 Å². The van der Waals surface area contributed by atoms with Crippen LogP contribution in [-0.4, -0.2) is 65.9 Å². The van der Waals surface area contributed by atoms with Gasteiger partial charge in [0.05, 0.1) is 25.9 Å². The lowest BCUT2D eigenvalue weighted by molar-refractivity contribution is -0.0780. The van der Waals surface area contributed by atoms with Crippen molar-refractivity contribution < 1.29 is 28.6 Å². The molecule has 1 N–H and O–H groups in total. The molecule has 2 heterocycles. The van der Waals surface area contributed by atoms with Crippen LogP contribution in [0.2, 0.25) is 0 Å². The van der Waals surface area contributed by atoms with Crippen LogP contribution in [0.1, 0.15) is 30.7 Å². The average molecular weight is 525 g/mol. The number of aryl methyl sites for hydroxylation is 1. The van der Waals surface area contributed by atoms with Crippen molar-refractivity contribution in [1.82, 2.24) is 9.13 Å². The Morgan fingerprint density at radius 2 is 1.86 bits per heavy atom. The Bertz CT molecular complexity index is 1160. The molecule has 36 heavy (non-hydrogen) atoms. The Morgan fingerprint density at radius 3 is 2.50 bits per heavy atom. The first kappa shape index (κ1) is 28.5. The molecule has 1 aromatic heterocycles. The Hall–Kier alpha value is -2.07. The van der Waals surface area contributed by atoms with Gasteiger partial charge in [-0.25, -0.2) is 9.36 Å². The molecule has 1 fully saturated rings. The first-order valence-corrected chi connectivity index (χ1v) is 14.6. The van der Waals surface area contributed by atoms with Crippen LogP contribution in [0.15, 0.2) is 46.1 Å². The summed E-state index contributed by atoms with van der Waals surface area (Å²) in [7, 11) is -1.20. The van der Waals surface area contributed by atoms with Gasteiger partial charge < -0.3 is 28.6 Å². The summed E-state index contributed by atoms with van der Waals surface area (Å²) < 4.78 is 37.8. The van der Waals surface area contributed by atoms with Crippen molar-refractivity contribution in [2.75, 3.05) is 33.7 Å². The summed E-state index contributed by atoms with van der Waals surface area (Å²) in [6.07, 6.45) is -0.313. The maximum atomic E-state index is 13.4. The maximum absolute atomic E-state index is 13.4. The fraction of sp³-hybridized carbons (Fsp3) is 0.600. The van der Waals surface area contributed by atoms with Gasteiger partial charge in [0.15, 0.2) is 6.23 Å². The number of benzene rings is 1. The van der Waals surface area contributed by atoms with Gasteiger partial charge in [0.2, 0.25) is 0 Å². The van der Waals surface area contributed by atoms with E-state index in [1.54, 1.807) is 14.0 Å². The summed E-state index contributed by atoms with van der Waals surface area (Å²) in [6, 6.07) is 9.46. The van der Waals surface area contributed by atoms with Gasteiger partial charge in [-0.15, -0.1) is 0 Å². The third kappa shape index (κ3) is 6.82. The Morgan fingerprint density at radius 1 is 1.17 bits per heavy atom. The maximum Gasteiger partial charge on any atom is 0.335 e. The minimum atomic E-state index is -2.76. The average Bonchev–Trinajstić information content (AvgIpc) is 3.13. The first-order valence-electron chi connectivity index (χ1n) is 12.0. The van der Waals surface area contributed by atoms with Gasteiger partial charge in [0.25, 0.3) is 5.56 Å². The molecule has 0 amide bonds. The van der Waals surface area contributed by atoms with Crippen molar-refractivity contribution >= 4 is 7.14 Å². The lowest BCUT2D eigenvalue weighted by Crippen LogP contribution is -2.44. The van der Waals surface area contributed by atoms with Crippen LogP contribution in [0.4, 0.5) is 0 Å². The standard InChI is InChI=1S/C25H37N2O8P/c1-17-14-26(25(30)27(23(17)29)16-33-15-19-9-7-6-8-10-19)24-22(34-12-11-32-3)18(2)20(35-24)13-21(28)36(4,5)31/h6-10,14,18,20-22,24,28H,11-13,15-16H2,1-5H3/t18-,20-,21?,22-,24-/m1/s1. The molecule has 2 aromatic rings. The van der Waals surface area contributed by atoms with Gasteiger partial charge in [-0.05, 0) is 25.8 Å². The van der Waals surface area contributed by atoms with E-state index in [2.05, 4.69) is 0 Å². The van der Waals surface area contributed by atoms with E-state index in [-0.39, 0.29) is 32.3 Å². The van der Waals surface area contributed by atoms with E-state index in [0.29, 0.717) is 12.2 Å². The van der Waals surface area contributed by atoms with Crippen LogP contribution in [-0.2, 0) is 36.9 Å². The van der Waals surface area contributed by atoms with Crippen LogP contribution < -0.4 is 11.2 Å². The normalized spacial score (nSPS) is 23.2. The van der Waals surface area contributed by atoms with Gasteiger partial charge in [-0.2, -0.15) is 0 Å². The number of aromatic nitrogens is 2. The molecule has 1 aromatic carbocycles. The van der Waals surface area contributed by atoms with E-state index in [9.17, 15) is 19.3 Å². The molecule has 0 saturated carbocycles. The van der Waals surface area contributed by atoms with Crippen LogP contribution >= 0.6 is 7.14 Å². The highest BCUT2D eigenvalue weighted by Gasteiger charge is 2.46. The molecule has 1 aliphatic heterocycles. The van der Waals surface area contributed by atoms with Crippen LogP contribution in [0.5, 0.6) is 0 Å². The highest BCUT2D eigenvalue weighted by molar-refractivity contribution is 7.62.